The molecule has 4 unspecified atom stereocenters. The first-order chi connectivity index (χ1) is 9.78. The summed E-state index contributed by atoms with van der Waals surface area (Å²) in [4.78, 5) is 0. The van der Waals surface area contributed by atoms with E-state index in [1.54, 1.807) is 12.1 Å². The topological polar surface area (TPSA) is 38.0 Å². The van der Waals surface area contributed by atoms with E-state index in [2.05, 4.69) is 5.43 Å². The molecular formula is C17H25FN2. The van der Waals surface area contributed by atoms with Crippen molar-refractivity contribution in [2.75, 3.05) is 0 Å². The van der Waals surface area contributed by atoms with E-state index in [-0.39, 0.29) is 11.9 Å². The number of nitrogens with two attached hydrogens (primary N) is 1. The van der Waals surface area contributed by atoms with E-state index in [4.69, 9.17) is 5.84 Å². The molecule has 0 spiro atoms. The van der Waals surface area contributed by atoms with E-state index >= 15 is 0 Å². The summed E-state index contributed by atoms with van der Waals surface area (Å²) in [5.74, 6) is 7.96. The summed E-state index contributed by atoms with van der Waals surface area (Å²) in [6.45, 7) is 0. The van der Waals surface area contributed by atoms with Crippen LogP contribution in [0.15, 0.2) is 24.3 Å². The molecule has 2 nitrogen and oxygen atoms in total. The molecule has 2 fully saturated rings. The van der Waals surface area contributed by atoms with Crippen LogP contribution in [-0.2, 0) is 0 Å². The second-order valence-corrected chi connectivity index (χ2v) is 6.58. The van der Waals surface area contributed by atoms with Gasteiger partial charge in [0, 0.05) is 6.04 Å². The van der Waals surface area contributed by atoms with Crippen LogP contribution in [0.4, 0.5) is 4.39 Å². The van der Waals surface area contributed by atoms with Gasteiger partial charge in [0.1, 0.15) is 5.82 Å². The number of nitrogens with one attached hydrogen (secondary N) is 1. The molecule has 110 valence electrons. The van der Waals surface area contributed by atoms with Gasteiger partial charge in [-0.15, -0.1) is 0 Å². The quantitative estimate of drug-likeness (QED) is 0.648. The maximum atomic E-state index is 13.4. The van der Waals surface area contributed by atoms with E-state index in [0.29, 0.717) is 5.92 Å². The van der Waals surface area contributed by atoms with Gasteiger partial charge in [-0.3, -0.25) is 11.3 Å². The summed E-state index contributed by atoms with van der Waals surface area (Å²) in [6.07, 6.45) is 9.37. The van der Waals surface area contributed by atoms with Gasteiger partial charge >= 0.3 is 0 Å². The number of halogens is 1. The van der Waals surface area contributed by atoms with Crippen molar-refractivity contribution in [3.05, 3.63) is 35.6 Å². The molecule has 0 radical (unpaired) electrons. The summed E-state index contributed by atoms with van der Waals surface area (Å²) in [7, 11) is 0. The molecule has 1 aromatic carbocycles. The summed E-state index contributed by atoms with van der Waals surface area (Å²) < 4.78 is 13.4. The number of fused-ring (bicyclic) bond motifs is 1. The molecule has 0 aromatic heterocycles. The molecule has 0 amide bonds. The van der Waals surface area contributed by atoms with Gasteiger partial charge in [0.05, 0.1) is 0 Å². The molecule has 0 aliphatic heterocycles. The van der Waals surface area contributed by atoms with E-state index in [1.807, 2.05) is 6.07 Å². The van der Waals surface area contributed by atoms with Crippen molar-refractivity contribution in [2.45, 2.75) is 51.0 Å². The molecule has 0 bridgehead atoms. The second kappa shape index (κ2) is 6.23. The number of benzene rings is 1. The third-order valence-corrected chi connectivity index (χ3v) is 5.44. The Balaban J connectivity index is 1.73. The molecule has 4 atom stereocenters. The zero-order chi connectivity index (χ0) is 13.9. The molecule has 3 N–H and O–H groups in total. The minimum absolute atomic E-state index is 0.0913. The van der Waals surface area contributed by atoms with E-state index in [9.17, 15) is 4.39 Å². The van der Waals surface area contributed by atoms with Crippen molar-refractivity contribution >= 4 is 0 Å². The van der Waals surface area contributed by atoms with Gasteiger partial charge in [-0.2, -0.15) is 0 Å². The maximum Gasteiger partial charge on any atom is 0.123 e. The van der Waals surface area contributed by atoms with Crippen molar-refractivity contribution in [1.29, 1.82) is 0 Å². The van der Waals surface area contributed by atoms with Gasteiger partial charge in [0.2, 0.25) is 0 Å². The number of hydrazine groups is 1. The molecule has 20 heavy (non-hydrogen) atoms. The van der Waals surface area contributed by atoms with Crippen LogP contribution in [0.2, 0.25) is 0 Å². The fourth-order valence-corrected chi connectivity index (χ4v) is 4.42. The van der Waals surface area contributed by atoms with Crippen LogP contribution in [0.3, 0.4) is 0 Å². The summed E-state index contributed by atoms with van der Waals surface area (Å²) >= 11 is 0. The zero-order valence-corrected chi connectivity index (χ0v) is 12.0. The maximum absolute atomic E-state index is 13.4. The smallest absolute Gasteiger partial charge is 0.123 e. The Morgan fingerprint density at radius 3 is 2.65 bits per heavy atom. The Bertz CT molecular complexity index is 448. The van der Waals surface area contributed by atoms with Crippen LogP contribution >= 0.6 is 0 Å². The van der Waals surface area contributed by atoms with E-state index < -0.39 is 0 Å². The standard InChI is InChI=1S/C17H25FN2/c18-16-7-3-6-14(11-16)17(20-19)15-9-8-12-4-1-2-5-13(12)10-15/h3,6-7,11-13,15,17,20H,1-2,4-5,8-10,19H2. The van der Waals surface area contributed by atoms with Gasteiger partial charge in [-0.25, -0.2) is 4.39 Å². The fraction of sp³-hybridized carbons (Fsp3) is 0.647. The Hall–Kier alpha value is -0.930. The average Bonchev–Trinajstić information content (AvgIpc) is 2.48. The van der Waals surface area contributed by atoms with Crippen LogP contribution in [0.1, 0.15) is 56.6 Å². The number of hydrogen-bond acceptors (Lipinski definition) is 2. The Morgan fingerprint density at radius 2 is 1.90 bits per heavy atom. The average molecular weight is 276 g/mol. The Labute approximate surface area is 120 Å². The molecule has 2 aliphatic carbocycles. The number of rotatable bonds is 3. The SMILES string of the molecule is NNC(c1cccc(F)c1)C1CCC2CCCCC2C1. The van der Waals surface area contributed by atoms with Crippen molar-refractivity contribution in [1.82, 2.24) is 5.43 Å². The van der Waals surface area contributed by atoms with Crippen LogP contribution < -0.4 is 11.3 Å². The highest BCUT2D eigenvalue weighted by Gasteiger charge is 2.35. The fourth-order valence-electron chi connectivity index (χ4n) is 4.42. The number of hydrogen-bond donors (Lipinski definition) is 2. The van der Waals surface area contributed by atoms with E-state index in [0.717, 1.165) is 17.4 Å². The molecule has 0 saturated heterocycles. The largest absolute Gasteiger partial charge is 0.271 e. The minimum Gasteiger partial charge on any atom is -0.271 e. The van der Waals surface area contributed by atoms with Gasteiger partial charge in [-0.05, 0) is 54.7 Å². The van der Waals surface area contributed by atoms with Gasteiger partial charge in [0.15, 0.2) is 0 Å². The summed E-state index contributed by atoms with van der Waals surface area (Å²) in [5.41, 5.74) is 3.94. The van der Waals surface area contributed by atoms with Crippen molar-refractivity contribution < 1.29 is 4.39 Å². The lowest BCUT2D eigenvalue weighted by molar-refractivity contribution is 0.109. The first-order valence-electron chi connectivity index (χ1n) is 7.99. The molecule has 2 saturated carbocycles. The van der Waals surface area contributed by atoms with Crippen LogP contribution in [0, 0.1) is 23.6 Å². The van der Waals surface area contributed by atoms with Crippen LogP contribution in [-0.4, -0.2) is 0 Å². The highest BCUT2D eigenvalue weighted by atomic mass is 19.1. The third-order valence-electron chi connectivity index (χ3n) is 5.44. The lowest BCUT2D eigenvalue weighted by Crippen LogP contribution is -2.38. The summed E-state index contributed by atoms with van der Waals surface area (Å²) in [5, 5.41) is 0. The molecule has 3 heteroatoms. The lowest BCUT2D eigenvalue weighted by atomic mass is 9.65. The summed E-state index contributed by atoms with van der Waals surface area (Å²) in [6, 6.07) is 6.97. The van der Waals surface area contributed by atoms with Gasteiger partial charge in [-0.1, -0.05) is 37.8 Å². The predicted octanol–water partition coefficient (Wildman–Crippen LogP) is 3.94. The second-order valence-electron chi connectivity index (χ2n) is 6.58. The third kappa shape index (κ3) is 2.89. The molecule has 1 aromatic rings. The molecule has 0 heterocycles. The van der Waals surface area contributed by atoms with Gasteiger partial charge < -0.3 is 0 Å². The van der Waals surface area contributed by atoms with Gasteiger partial charge in [0.25, 0.3) is 0 Å². The monoisotopic (exact) mass is 276 g/mol. The molecule has 3 rings (SSSR count). The van der Waals surface area contributed by atoms with Crippen LogP contribution in [0.5, 0.6) is 0 Å². The first kappa shape index (κ1) is 14.0. The minimum atomic E-state index is -0.172. The molecular weight excluding hydrogens is 251 g/mol. The zero-order valence-electron chi connectivity index (χ0n) is 12.0. The molecule has 2 aliphatic rings. The highest BCUT2D eigenvalue weighted by Crippen LogP contribution is 2.45. The van der Waals surface area contributed by atoms with Crippen molar-refractivity contribution in [2.24, 2.45) is 23.6 Å². The Morgan fingerprint density at radius 1 is 1.10 bits per heavy atom. The van der Waals surface area contributed by atoms with Crippen molar-refractivity contribution in [3.8, 4) is 0 Å². The Kier molecular flexibility index (Phi) is 4.37. The highest BCUT2D eigenvalue weighted by molar-refractivity contribution is 5.21. The van der Waals surface area contributed by atoms with E-state index in [1.165, 1.54) is 51.0 Å². The predicted molar refractivity (Wildman–Crippen MR) is 79.3 cm³/mol. The lowest BCUT2D eigenvalue weighted by Gasteiger charge is -2.42. The first-order valence-corrected chi connectivity index (χ1v) is 7.99. The van der Waals surface area contributed by atoms with Crippen molar-refractivity contribution in [3.63, 3.8) is 0 Å². The van der Waals surface area contributed by atoms with Crippen LogP contribution in [0.25, 0.3) is 0 Å². The normalized spacial score (nSPS) is 31.6.